The van der Waals surface area contributed by atoms with Gasteiger partial charge in [-0.2, -0.15) is 8.42 Å². The molecule has 0 amide bonds. The standard InChI is InChI=1S/C14H15NO2S/c1-11-6-7-12(2)13(9-11)10-15-8-4-3-5-14(15)18(16)17/h3-9H,10H2,1-2H3. The molecule has 2 aromatic rings. The summed E-state index contributed by atoms with van der Waals surface area (Å²) in [4.78, 5) is 0. The van der Waals surface area contributed by atoms with Gasteiger partial charge in [-0.05, 0) is 37.1 Å². The highest BCUT2D eigenvalue weighted by molar-refractivity contribution is 7.63. The molecule has 0 fully saturated rings. The number of aryl methyl sites for hydroxylation is 2. The molecule has 0 aliphatic carbocycles. The van der Waals surface area contributed by atoms with Gasteiger partial charge in [-0.25, -0.2) is 0 Å². The molecule has 94 valence electrons. The molecule has 1 heterocycles. The molecule has 2 rings (SSSR count). The van der Waals surface area contributed by atoms with Crippen LogP contribution in [0.15, 0.2) is 42.6 Å². The maximum Gasteiger partial charge on any atom is 0.238 e. The summed E-state index contributed by atoms with van der Waals surface area (Å²) in [6.07, 6.45) is 1.78. The fourth-order valence-corrected chi connectivity index (χ4v) is 2.40. The number of pyridine rings is 1. The Morgan fingerprint density at radius 2 is 1.89 bits per heavy atom. The van der Waals surface area contributed by atoms with Crippen molar-refractivity contribution in [1.82, 2.24) is 4.57 Å². The van der Waals surface area contributed by atoms with Gasteiger partial charge in [0.2, 0.25) is 10.3 Å². The van der Waals surface area contributed by atoms with Crippen molar-refractivity contribution in [2.45, 2.75) is 20.4 Å². The van der Waals surface area contributed by atoms with Crippen molar-refractivity contribution < 1.29 is 8.42 Å². The third kappa shape index (κ3) is 2.71. The third-order valence-electron chi connectivity index (χ3n) is 2.92. The highest BCUT2D eigenvalue weighted by atomic mass is 32.2. The summed E-state index contributed by atoms with van der Waals surface area (Å²) in [5, 5.41) is 0. The van der Waals surface area contributed by atoms with E-state index in [1.165, 1.54) is 11.1 Å². The minimum absolute atomic E-state index is 0.304. The Morgan fingerprint density at radius 3 is 2.61 bits per heavy atom. The smallest absolute Gasteiger partial charge is 0.238 e. The van der Waals surface area contributed by atoms with Gasteiger partial charge in [0.25, 0.3) is 0 Å². The molecule has 0 saturated carbocycles. The van der Waals surface area contributed by atoms with E-state index in [1.54, 1.807) is 22.9 Å². The molecule has 0 aliphatic heterocycles. The minimum atomic E-state index is -2.21. The summed E-state index contributed by atoms with van der Waals surface area (Å²) in [7, 11) is -2.21. The average molecular weight is 261 g/mol. The van der Waals surface area contributed by atoms with Crippen LogP contribution in [0.25, 0.3) is 0 Å². The van der Waals surface area contributed by atoms with E-state index in [0.717, 1.165) is 5.56 Å². The van der Waals surface area contributed by atoms with Gasteiger partial charge in [-0.15, -0.1) is 0 Å². The summed E-state index contributed by atoms with van der Waals surface area (Å²) >= 11 is 0. The SMILES string of the molecule is Cc1ccc(C)c(Cn2ccccc2=S(=O)=O)c1. The van der Waals surface area contributed by atoms with Crippen molar-refractivity contribution in [2.75, 3.05) is 0 Å². The molecular weight excluding hydrogens is 246 g/mol. The van der Waals surface area contributed by atoms with Crippen molar-refractivity contribution >= 4 is 10.3 Å². The molecule has 0 aliphatic rings. The van der Waals surface area contributed by atoms with Gasteiger partial charge >= 0.3 is 0 Å². The lowest BCUT2D eigenvalue weighted by Crippen LogP contribution is -2.04. The summed E-state index contributed by atoms with van der Waals surface area (Å²) in [6.45, 7) is 4.63. The van der Waals surface area contributed by atoms with Crippen LogP contribution in [0.5, 0.6) is 0 Å². The fourth-order valence-electron chi connectivity index (χ4n) is 1.90. The summed E-state index contributed by atoms with van der Waals surface area (Å²) < 4.78 is 24.3. The van der Waals surface area contributed by atoms with Gasteiger partial charge < -0.3 is 4.57 Å². The van der Waals surface area contributed by atoms with Crippen molar-refractivity contribution in [3.8, 4) is 0 Å². The molecule has 0 saturated heterocycles. The van der Waals surface area contributed by atoms with Gasteiger partial charge in [0.1, 0.15) is 0 Å². The molecule has 0 bridgehead atoms. The highest BCUT2D eigenvalue weighted by Gasteiger charge is 2.01. The Morgan fingerprint density at radius 1 is 1.11 bits per heavy atom. The Bertz CT molecular complexity index is 734. The van der Waals surface area contributed by atoms with E-state index < -0.39 is 10.3 Å². The van der Waals surface area contributed by atoms with Crippen LogP contribution in [0.4, 0.5) is 0 Å². The van der Waals surface area contributed by atoms with E-state index in [9.17, 15) is 8.42 Å². The maximum atomic E-state index is 11.1. The molecule has 0 N–H and O–H groups in total. The number of rotatable bonds is 2. The number of nitrogens with zero attached hydrogens (tertiary/aromatic N) is 1. The molecule has 0 unspecified atom stereocenters. The van der Waals surface area contributed by atoms with Crippen LogP contribution in [-0.2, 0) is 16.8 Å². The molecule has 1 aromatic carbocycles. The Balaban J connectivity index is 2.54. The number of benzene rings is 1. The molecule has 0 spiro atoms. The number of hydrogen-bond acceptors (Lipinski definition) is 2. The van der Waals surface area contributed by atoms with E-state index in [0.29, 0.717) is 11.2 Å². The minimum Gasteiger partial charge on any atom is -0.331 e. The highest BCUT2D eigenvalue weighted by Crippen LogP contribution is 2.12. The Hall–Kier alpha value is -1.81. The zero-order chi connectivity index (χ0) is 13.1. The molecular formula is C14H15NO2S. The van der Waals surface area contributed by atoms with Crippen LogP contribution in [0.2, 0.25) is 0 Å². The van der Waals surface area contributed by atoms with Crippen LogP contribution >= 0.6 is 0 Å². The van der Waals surface area contributed by atoms with Crippen molar-refractivity contribution in [1.29, 1.82) is 0 Å². The first-order valence-corrected chi connectivity index (χ1v) is 6.79. The topological polar surface area (TPSA) is 39.1 Å². The van der Waals surface area contributed by atoms with E-state index in [2.05, 4.69) is 18.2 Å². The van der Waals surface area contributed by atoms with Gasteiger partial charge in [0, 0.05) is 12.7 Å². The van der Waals surface area contributed by atoms with E-state index in [1.807, 2.05) is 19.9 Å². The lowest BCUT2D eigenvalue weighted by atomic mass is 10.1. The summed E-state index contributed by atoms with van der Waals surface area (Å²) in [5.41, 5.74) is 3.48. The van der Waals surface area contributed by atoms with Crippen molar-refractivity contribution in [3.05, 3.63) is 63.9 Å². The first-order valence-electron chi connectivity index (χ1n) is 5.72. The predicted molar refractivity (Wildman–Crippen MR) is 71.6 cm³/mol. The second-order valence-corrected chi connectivity index (χ2v) is 5.22. The molecule has 0 atom stereocenters. The first-order chi connectivity index (χ1) is 8.58. The number of hydrogen-bond donors (Lipinski definition) is 0. The quantitative estimate of drug-likeness (QED) is 0.779. The lowest BCUT2D eigenvalue weighted by Gasteiger charge is -2.10. The van der Waals surface area contributed by atoms with Crippen LogP contribution in [0.3, 0.4) is 0 Å². The van der Waals surface area contributed by atoms with E-state index >= 15 is 0 Å². The maximum absolute atomic E-state index is 11.1. The zero-order valence-corrected chi connectivity index (χ0v) is 11.2. The number of aromatic nitrogens is 1. The van der Waals surface area contributed by atoms with Crippen LogP contribution in [0, 0.1) is 18.5 Å². The van der Waals surface area contributed by atoms with Gasteiger partial charge in [-0.1, -0.05) is 29.8 Å². The molecule has 0 radical (unpaired) electrons. The summed E-state index contributed by atoms with van der Waals surface area (Å²) in [6, 6.07) is 11.4. The van der Waals surface area contributed by atoms with E-state index in [-0.39, 0.29) is 0 Å². The average Bonchev–Trinajstić information content (AvgIpc) is 2.34. The third-order valence-corrected chi connectivity index (χ3v) is 3.63. The lowest BCUT2D eigenvalue weighted by molar-refractivity contribution is 0.621. The molecule has 3 nitrogen and oxygen atoms in total. The molecule has 1 aromatic heterocycles. The monoisotopic (exact) mass is 261 g/mol. The van der Waals surface area contributed by atoms with Gasteiger partial charge in [0.05, 0.1) is 0 Å². The predicted octanol–water partition coefficient (Wildman–Crippen LogP) is 2.56. The normalized spacial score (nSPS) is 10.3. The largest absolute Gasteiger partial charge is 0.331 e. The van der Waals surface area contributed by atoms with E-state index in [4.69, 9.17) is 0 Å². The molecule has 4 heteroatoms. The summed E-state index contributed by atoms with van der Waals surface area (Å²) in [5.74, 6) is 0. The van der Waals surface area contributed by atoms with Crippen LogP contribution < -0.4 is 0 Å². The van der Waals surface area contributed by atoms with Crippen LogP contribution in [-0.4, -0.2) is 13.0 Å². The van der Waals surface area contributed by atoms with Crippen LogP contribution in [0.1, 0.15) is 16.7 Å². The zero-order valence-electron chi connectivity index (χ0n) is 10.4. The van der Waals surface area contributed by atoms with Gasteiger partial charge in [-0.3, -0.25) is 0 Å². The van der Waals surface area contributed by atoms with Crippen molar-refractivity contribution in [2.24, 2.45) is 0 Å². The molecule has 18 heavy (non-hydrogen) atoms. The Labute approximate surface area is 108 Å². The van der Waals surface area contributed by atoms with Crippen molar-refractivity contribution in [3.63, 3.8) is 0 Å². The Kier molecular flexibility index (Phi) is 3.67. The second kappa shape index (κ2) is 5.23. The fraction of sp³-hybridized carbons (Fsp3) is 0.214. The second-order valence-electron chi connectivity index (χ2n) is 4.33. The van der Waals surface area contributed by atoms with Gasteiger partial charge in [0.15, 0.2) is 4.64 Å². The first kappa shape index (κ1) is 12.6.